The number of hydrogen-bond acceptors (Lipinski definition) is 2. The molecule has 0 amide bonds. The van der Waals surface area contributed by atoms with Crippen LogP contribution in [0, 0.1) is 19.8 Å². The zero-order valence-electron chi connectivity index (χ0n) is 19.1. The third kappa shape index (κ3) is 12.8. The van der Waals surface area contributed by atoms with Crippen molar-refractivity contribution in [3.63, 3.8) is 0 Å². The van der Waals surface area contributed by atoms with Crippen LogP contribution in [0.15, 0.2) is 18.2 Å². The van der Waals surface area contributed by atoms with Crippen molar-refractivity contribution >= 4 is 5.97 Å². The molecule has 1 aliphatic carbocycles. The van der Waals surface area contributed by atoms with Crippen molar-refractivity contribution in [3.05, 3.63) is 29.3 Å². The maximum absolute atomic E-state index is 10.2. The van der Waals surface area contributed by atoms with Gasteiger partial charge in [-0.15, -0.1) is 0 Å². The van der Waals surface area contributed by atoms with E-state index in [9.17, 15) is 4.79 Å². The molecule has 3 heteroatoms. The molecule has 0 saturated heterocycles. The monoisotopic (exact) mass is 392 g/mol. The first-order valence-electron chi connectivity index (χ1n) is 11.4. The zero-order valence-corrected chi connectivity index (χ0v) is 19.1. The topological polar surface area (TPSA) is 46.5 Å². The number of rotatable bonds is 10. The van der Waals surface area contributed by atoms with Gasteiger partial charge in [-0.3, -0.25) is 0 Å². The predicted molar refractivity (Wildman–Crippen MR) is 120 cm³/mol. The van der Waals surface area contributed by atoms with Crippen LogP contribution in [0.5, 0.6) is 5.75 Å². The lowest BCUT2D eigenvalue weighted by atomic mass is 9.99. The molecular formula is C25H44O3. The highest BCUT2D eigenvalue weighted by Gasteiger charge is 2.13. The maximum atomic E-state index is 10.2. The number of aryl methyl sites for hydroxylation is 1. The lowest BCUT2D eigenvalue weighted by Gasteiger charge is -2.08. The summed E-state index contributed by atoms with van der Waals surface area (Å²) in [5, 5.41) is 8.41. The second-order valence-corrected chi connectivity index (χ2v) is 7.59. The van der Waals surface area contributed by atoms with Crippen LogP contribution >= 0.6 is 0 Å². The lowest BCUT2D eigenvalue weighted by molar-refractivity contribution is -0.139. The van der Waals surface area contributed by atoms with Gasteiger partial charge in [-0.1, -0.05) is 104 Å². The van der Waals surface area contributed by atoms with Gasteiger partial charge in [0.2, 0.25) is 0 Å². The van der Waals surface area contributed by atoms with Crippen LogP contribution in [0.4, 0.5) is 0 Å². The van der Waals surface area contributed by atoms with Crippen molar-refractivity contribution in [3.8, 4) is 5.75 Å². The van der Waals surface area contributed by atoms with E-state index in [0.29, 0.717) is 5.75 Å². The molecular weight excluding hydrogens is 348 g/mol. The van der Waals surface area contributed by atoms with Crippen LogP contribution in [0.2, 0.25) is 0 Å². The Balaban J connectivity index is 0.000000478. The number of hydrogen-bond donors (Lipinski definition) is 1. The molecule has 1 aromatic carbocycles. The minimum Gasteiger partial charge on any atom is -0.482 e. The quantitative estimate of drug-likeness (QED) is 0.414. The highest BCUT2D eigenvalue weighted by molar-refractivity contribution is 5.68. The Bertz CT molecular complexity index is 505. The van der Waals surface area contributed by atoms with Gasteiger partial charge in [0.1, 0.15) is 5.75 Å². The van der Waals surface area contributed by atoms with Gasteiger partial charge in [0.15, 0.2) is 6.61 Å². The highest BCUT2D eigenvalue weighted by Crippen LogP contribution is 2.29. The first-order valence-corrected chi connectivity index (χ1v) is 11.4. The molecule has 1 saturated carbocycles. The van der Waals surface area contributed by atoms with Gasteiger partial charge in [0, 0.05) is 0 Å². The lowest BCUT2D eigenvalue weighted by Crippen LogP contribution is -2.10. The molecule has 0 aromatic heterocycles. The van der Waals surface area contributed by atoms with Gasteiger partial charge in [-0.2, -0.15) is 0 Å². The van der Waals surface area contributed by atoms with Crippen molar-refractivity contribution in [1.82, 2.24) is 0 Å². The normalized spacial score (nSPS) is 13.2. The fraction of sp³-hybridized carbons (Fsp3) is 0.720. The molecule has 0 spiro atoms. The first kappa shape index (κ1) is 26.5. The SMILES string of the molecule is CC.CCCCCCCCC1CCCC1.Cc1cccc(OCC(=O)O)c1C. The van der Waals surface area contributed by atoms with Crippen molar-refractivity contribution in [2.75, 3.05) is 6.61 Å². The van der Waals surface area contributed by atoms with E-state index in [0.717, 1.165) is 17.0 Å². The number of carboxylic acid groups (broad SMARTS) is 1. The summed E-state index contributed by atoms with van der Waals surface area (Å²) in [6, 6.07) is 5.58. The molecule has 1 aromatic rings. The number of aliphatic carboxylic acids is 1. The van der Waals surface area contributed by atoms with E-state index in [1.54, 1.807) is 6.07 Å². The van der Waals surface area contributed by atoms with Gasteiger partial charge in [0.05, 0.1) is 0 Å². The molecule has 0 bridgehead atoms. The summed E-state index contributed by atoms with van der Waals surface area (Å²) in [6.07, 6.45) is 16.4. The minimum absolute atomic E-state index is 0.287. The summed E-state index contributed by atoms with van der Waals surface area (Å²) in [5.41, 5.74) is 2.09. The van der Waals surface area contributed by atoms with E-state index in [-0.39, 0.29) is 6.61 Å². The van der Waals surface area contributed by atoms with Crippen molar-refractivity contribution in [2.24, 2.45) is 5.92 Å². The maximum Gasteiger partial charge on any atom is 0.341 e. The Kier molecular flexibility index (Phi) is 16.6. The Morgan fingerprint density at radius 1 is 1.04 bits per heavy atom. The van der Waals surface area contributed by atoms with Crippen molar-refractivity contribution < 1.29 is 14.6 Å². The molecule has 1 fully saturated rings. The molecule has 0 unspecified atom stereocenters. The summed E-state index contributed by atoms with van der Waals surface area (Å²) in [7, 11) is 0. The molecule has 0 heterocycles. The fourth-order valence-corrected chi connectivity index (χ4v) is 3.53. The van der Waals surface area contributed by atoms with Crippen LogP contribution in [-0.4, -0.2) is 17.7 Å². The molecule has 1 aliphatic rings. The van der Waals surface area contributed by atoms with Crippen LogP contribution in [0.25, 0.3) is 0 Å². The Morgan fingerprint density at radius 2 is 1.64 bits per heavy atom. The van der Waals surface area contributed by atoms with Crippen LogP contribution in [0.1, 0.15) is 103 Å². The molecule has 0 aliphatic heterocycles. The average molecular weight is 393 g/mol. The number of carboxylic acids is 1. The number of carbonyl (C=O) groups is 1. The van der Waals surface area contributed by atoms with Crippen LogP contribution in [0.3, 0.4) is 0 Å². The fourth-order valence-electron chi connectivity index (χ4n) is 3.53. The standard InChI is InChI=1S/C13H26.C10H12O3.C2H6/c1-2-3-4-5-6-7-10-13-11-8-9-12-13;1-7-4-3-5-9(8(7)2)13-6-10(11)12;1-2/h13H,2-12H2,1H3;3-5H,6H2,1-2H3,(H,11,12);1-2H3. The van der Waals surface area contributed by atoms with Crippen LogP contribution < -0.4 is 4.74 Å². The molecule has 0 atom stereocenters. The summed E-state index contributed by atoms with van der Waals surface area (Å²) >= 11 is 0. The van der Waals surface area contributed by atoms with Gasteiger partial charge >= 0.3 is 5.97 Å². The summed E-state index contributed by atoms with van der Waals surface area (Å²) in [6.45, 7) is 9.87. The molecule has 1 N–H and O–H groups in total. The van der Waals surface area contributed by atoms with E-state index < -0.39 is 5.97 Å². The third-order valence-electron chi connectivity index (χ3n) is 5.35. The molecule has 0 radical (unpaired) electrons. The van der Waals surface area contributed by atoms with Crippen molar-refractivity contribution in [2.45, 2.75) is 105 Å². The minimum atomic E-state index is -0.957. The number of benzene rings is 1. The van der Waals surface area contributed by atoms with E-state index in [1.165, 1.54) is 70.6 Å². The molecule has 3 nitrogen and oxygen atoms in total. The van der Waals surface area contributed by atoms with E-state index in [2.05, 4.69) is 6.92 Å². The van der Waals surface area contributed by atoms with Gasteiger partial charge in [-0.05, 0) is 37.0 Å². The van der Waals surface area contributed by atoms with Gasteiger partial charge in [-0.25, -0.2) is 4.79 Å². The summed E-state index contributed by atoms with van der Waals surface area (Å²) < 4.78 is 5.08. The zero-order chi connectivity index (χ0) is 21.2. The Morgan fingerprint density at radius 3 is 2.25 bits per heavy atom. The third-order valence-corrected chi connectivity index (χ3v) is 5.35. The largest absolute Gasteiger partial charge is 0.482 e. The average Bonchev–Trinajstić information content (AvgIpc) is 3.21. The molecule has 2 rings (SSSR count). The van der Waals surface area contributed by atoms with Crippen molar-refractivity contribution in [1.29, 1.82) is 0 Å². The smallest absolute Gasteiger partial charge is 0.341 e. The summed E-state index contributed by atoms with van der Waals surface area (Å²) in [4.78, 5) is 10.2. The second-order valence-electron chi connectivity index (χ2n) is 7.59. The number of ether oxygens (including phenoxy) is 1. The Hall–Kier alpha value is -1.51. The second kappa shape index (κ2) is 17.6. The first-order chi connectivity index (χ1) is 13.5. The predicted octanol–water partition coefficient (Wildman–Crippen LogP) is 7.72. The van der Waals surface area contributed by atoms with Crippen LogP contribution in [-0.2, 0) is 4.79 Å². The van der Waals surface area contributed by atoms with E-state index >= 15 is 0 Å². The molecule has 162 valence electrons. The van der Waals surface area contributed by atoms with Gasteiger partial charge in [0.25, 0.3) is 0 Å². The van der Waals surface area contributed by atoms with E-state index in [1.807, 2.05) is 39.8 Å². The van der Waals surface area contributed by atoms with E-state index in [4.69, 9.17) is 9.84 Å². The Labute approximate surface area is 173 Å². The number of unbranched alkanes of at least 4 members (excludes halogenated alkanes) is 5. The highest BCUT2D eigenvalue weighted by atomic mass is 16.5. The summed E-state index contributed by atoms with van der Waals surface area (Å²) in [5.74, 6) is 0.800. The van der Waals surface area contributed by atoms with Gasteiger partial charge < -0.3 is 9.84 Å². The molecule has 28 heavy (non-hydrogen) atoms.